The molecule has 37 heavy (non-hydrogen) atoms. The highest BCUT2D eigenvalue weighted by atomic mass is 16.5. The van der Waals surface area contributed by atoms with Crippen molar-refractivity contribution in [2.45, 2.75) is 13.3 Å². The molecule has 3 amide bonds. The first-order chi connectivity index (χ1) is 17.9. The second-order valence-electron chi connectivity index (χ2n) is 8.36. The van der Waals surface area contributed by atoms with Crippen molar-refractivity contribution in [3.05, 3.63) is 84.0 Å². The zero-order valence-corrected chi connectivity index (χ0v) is 21.1. The van der Waals surface area contributed by atoms with E-state index in [0.29, 0.717) is 48.1 Å². The van der Waals surface area contributed by atoms with Gasteiger partial charge < -0.3 is 15.8 Å². The van der Waals surface area contributed by atoms with Gasteiger partial charge in [-0.15, -0.1) is 0 Å². The fraction of sp³-hybridized carbons (Fsp3) is 0.222. The van der Waals surface area contributed by atoms with E-state index >= 15 is 0 Å². The molecule has 1 saturated heterocycles. The van der Waals surface area contributed by atoms with E-state index in [1.165, 1.54) is 18.3 Å². The molecule has 0 bridgehead atoms. The third-order valence-corrected chi connectivity index (χ3v) is 6.34. The van der Waals surface area contributed by atoms with Crippen LogP contribution in [0.3, 0.4) is 0 Å². The molecule has 0 radical (unpaired) electrons. The van der Waals surface area contributed by atoms with E-state index in [1.54, 1.807) is 41.2 Å². The van der Waals surface area contributed by atoms with Crippen LogP contribution in [0, 0.1) is 0 Å². The number of hydrogen-bond donors (Lipinski definition) is 3. The van der Waals surface area contributed by atoms with Crippen LogP contribution in [0.5, 0.6) is 0 Å². The Bertz CT molecular complexity index is 1320. The summed E-state index contributed by atoms with van der Waals surface area (Å²) in [5.41, 5.74) is 10.4. The van der Waals surface area contributed by atoms with Crippen molar-refractivity contribution in [2.24, 2.45) is 11.6 Å². The lowest BCUT2D eigenvalue weighted by Crippen LogP contribution is -2.33. The second-order valence-corrected chi connectivity index (χ2v) is 8.36. The predicted molar refractivity (Wildman–Crippen MR) is 145 cm³/mol. The number of pyridine rings is 1. The molecule has 0 saturated carbocycles. The molecular weight excluding hydrogens is 470 g/mol. The Hall–Kier alpha value is -4.57. The van der Waals surface area contributed by atoms with Crippen molar-refractivity contribution < 1.29 is 14.3 Å². The summed E-state index contributed by atoms with van der Waals surface area (Å²) in [5, 5.41) is 3.98. The lowest BCUT2D eigenvalue weighted by atomic mass is 9.98. The number of nitrogens with one attached hydrogen (secondary N) is 1. The minimum Gasteiger partial charge on any atom is -0.480 e. The maximum atomic E-state index is 13.5. The molecular formula is C27H31N7O3. The number of hydrogen-bond acceptors (Lipinski definition) is 7. The maximum Gasteiger partial charge on any atom is 0.330 e. The van der Waals surface area contributed by atoms with Crippen LogP contribution in [-0.4, -0.2) is 44.2 Å². The van der Waals surface area contributed by atoms with Gasteiger partial charge in [0.15, 0.2) is 0 Å². The zero-order valence-electron chi connectivity index (χ0n) is 21.1. The number of carbonyl (C=O) groups is 2. The first kappa shape index (κ1) is 25.5. The van der Waals surface area contributed by atoms with Crippen molar-refractivity contribution >= 4 is 29.1 Å². The number of nitrogens with two attached hydrogens (primary N) is 2. The van der Waals surface area contributed by atoms with E-state index < -0.39 is 0 Å². The minimum atomic E-state index is -0.200. The molecule has 5 N–H and O–H groups in total. The normalized spacial score (nSPS) is 13.6. The molecule has 4 rings (SSSR count). The quantitative estimate of drug-likeness (QED) is 0.245. The third-order valence-electron chi connectivity index (χ3n) is 6.34. The molecule has 1 aliphatic heterocycles. The number of aromatic nitrogens is 1. The molecule has 0 unspecified atom stereocenters. The van der Waals surface area contributed by atoms with Crippen LogP contribution < -0.4 is 31.7 Å². The van der Waals surface area contributed by atoms with E-state index in [0.717, 1.165) is 16.7 Å². The van der Waals surface area contributed by atoms with Crippen molar-refractivity contribution in [1.29, 1.82) is 0 Å². The average Bonchev–Trinajstić information content (AvgIpc) is 3.33. The molecule has 0 atom stereocenters. The van der Waals surface area contributed by atoms with Gasteiger partial charge in [-0.25, -0.2) is 20.6 Å². The summed E-state index contributed by atoms with van der Waals surface area (Å²) in [7, 11) is 3.08. The Morgan fingerprint density at radius 3 is 2.54 bits per heavy atom. The fourth-order valence-corrected chi connectivity index (χ4v) is 4.44. The van der Waals surface area contributed by atoms with Crippen LogP contribution in [0.4, 0.5) is 22.0 Å². The number of amides is 3. The molecule has 2 aromatic carbocycles. The molecule has 10 nitrogen and oxygen atoms in total. The Morgan fingerprint density at radius 2 is 1.89 bits per heavy atom. The van der Waals surface area contributed by atoms with Crippen molar-refractivity contribution in [1.82, 2.24) is 10.3 Å². The lowest BCUT2D eigenvalue weighted by Gasteiger charge is -2.22. The van der Waals surface area contributed by atoms with Gasteiger partial charge in [0.25, 0.3) is 5.91 Å². The lowest BCUT2D eigenvalue weighted by molar-refractivity contribution is 0.0963. The smallest absolute Gasteiger partial charge is 0.330 e. The van der Waals surface area contributed by atoms with Gasteiger partial charge >= 0.3 is 6.03 Å². The molecule has 0 aliphatic carbocycles. The summed E-state index contributed by atoms with van der Waals surface area (Å²) >= 11 is 0. The second kappa shape index (κ2) is 11.0. The highest BCUT2D eigenvalue weighted by Gasteiger charge is 2.33. The first-order valence-electron chi connectivity index (χ1n) is 11.9. The number of rotatable bonds is 8. The molecule has 1 aliphatic rings. The Labute approximate surface area is 216 Å². The van der Waals surface area contributed by atoms with Gasteiger partial charge in [-0.1, -0.05) is 25.1 Å². The molecule has 0 spiro atoms. The Morgan fingerprint density at radius 1 is 1.16 bits per heavy atom. The van der Waals surface area contributed by atoms with Crippen LogP contribution in [0.15, 0.2) is 72.9 Å². The summed E-state index contributed by atoms with van der Waals surface area (Å²) in [4.78, 5) is 33.5. The SMILES string of the molecule is CCc1c(-c2ccc(N(N)/C(=C\N)OC)cc2)ccnc1N1CCN(c2cccc(C(=O)NC)c2)C1=O. The van der Waals surface area contributed by atoms with Crippen LogP contribution in [0.1, 0.15) is 22.8 Å². The van der Waals surface area contributed by atoms with E-state index in [4.69, 9.17) is 16.3 Å². The molecule has 3 aromatic rings. The van der Waals surface area contributed by atoms with Gasteiger partial charge in [0.1, 0.15) is 5.82 Å². The summed E-state index contributed by atoms with van der Waals surface area (Å²) in [6.45, 7) is 3.02. The molecule has 1 aromatic heterocycles. The Balaban J connectivity index is 1.63. The monoisotopic (exact) mass is 501 g/mol. The van der Waals surface area contributed by atoms with Gasteiger partial charge in [0.05, 0.1) is 19.0 Å². The van der Waals surface area contributed by atoms with Gasteiger partial charge in [0.2, 0.25) is 5.88 Å². The van der Waals surface area contributed by atoms with Crippen molar-refractivity contribution in [2.75, 3.05) is 42.1 Å². The van der Waals surface area contributed by atoms with Gasteiger partial charge in [-0.2, -0.15) is 0 Å². The van der Waals surface area contributed by atoms with E-state index in [2.05, 4.69) is 10.3 Å². The molecule has 10 heteroatoms. The topological polar surface area (TPSA) is 130 Å². The Kier molecular flexibility index (Phi) is 7.59. The van der Waals surface area contributed by atoms with Crippen molar-refractivity contribution in [3.63, 3.8) is 0 Å². The van der Waals surface area contributed by atoms with Crippen LogP contribution in [0.2, 0.25) is 0 Å². The summed E-state index contributed by atoms with van der Waals surface area (Å²) < 4.78 is 5.18. The van der Waals surface area contributed by atoms with Crippen molar-refractivity contribution in [3.8, 4) is 11.1 Å². The summed E-state index contributed by atoms with van der Waals surface area (Å²) in [5.74, 6) is 6.86. The number of methoxy groups -OCH3 is 1. The largest absolute Gasteiger partial charge is 0.480 e. The minimum absolute atomic E-state index is 0.178. The molecule has 1 fully saturated rings. The predicted octanol–water partition coefficient (Wildman–Crippen LogP) is 3.20. The van der Waals surface area contributed by atoms with Gasteiger partial charge in [0, 0.05) is 43.1 Å². The maximum absolute atomic E-state index is 13.5. The summed E-state index contributed by atoms with van der Waals surface area (Å²) in [6, 6.07) is 16.5. The van der Waals surface area contributed by atoms with Crippen LogP contribution in [-0.2, 0) is 11.2 Å². The summed E-state index contributed by atoms with van der Waals surface area (Å²) in [6.07, 6.45) is 3.70. The van der Waals surface area contributed by atoms with Crippen LogP contribution in [0.25, 0.3) is 11.1 Å². The number of anilines is 3. The molecule has 2 heterocycles. The van der Waals surface area contributed by atoms with E-state index in [-0.39, 0.29) is 11.9 Å². The number of ether oxygens (including phenoxy) is 1. The third kappa shape index (κ3) is 4.91. The van der Waals surface area contributed by atoms with Gasteiger partial charge in [-0.3, -0.25) is 14.6 Å². The van der Waals surface area contributed by atoms with Gasteiger partial charge in [-0.05, 0) is 53.9 Å². The first-order valence-corrected chi connectivity index (χ1v) is 11.9. The number of benzene rings is 2. The van der Waals surface area contributed by atoms with E-state index in [1.807, 2.05) is 43.3 Å². The number of urea groups is 1. The fourth-order valence-electron chi connectivity index (χ4n) is 4.44. The average molecular weight is 502 g/mol. The van der Waals surface area contributed by atoms with E-state index in [9.17, 15) is 9.59 Å². The highest BCUT2D eigenvalue weighted by Crippen LogP contribution is 2.34. The number of carbonyl (C=O) groups excluding carboxylic acids is 2. The highest BCUT2D eigenvalue weighted by molar-refractivity contribution is 6.07. The molecule has 192 valence electrons. The zero-order chi connectivity index (χ0) is 26.5. The number of hydrazine groups is 1. The standard InChI is InChI=1S/C27H31N7O3/c1-4-22-23(18-8-10-20(11-9-18)34(29)24(17-28)37-3)12-13-31-25(22)33-15-14-32(27(33)36)21-7-5-6-19(16-21)26(35)30-2/h5-13,16-17H,4,14-15,28-29H2,1-3H3,(H,30,35)/b24-17+. The van der Waals surface area contributed by atoms with Crippen LogP contribution >= 0.6 is 0 Å². The number of nitrogens with zero attached hydrogens (tertiary/aromatic N) is 4.